The number of carbonyl (C=O) groups excluding carboxylic acids is 1. The van der Waals surface area contributed by atoms with Crippen LogP contribution in [0, 0.1) is 11.8 Å². The average molecular weight is 271 g/mol. The zero-order valence-corrected chi connectivity index (χ0v) is 11.8. The SMILES string of the molecule is CC1(C)SCCN1C(=O)C1CCCCC1C(=O)O. The van der Waals surface area contributed by atoms with E-state index in [-0.39, 0.29) is 16.7 Å². The fourth-order valence-corrected chi connectivity index (χ4v) is 4.14. The van der Waals surface area contributed by atoms with Gasteiger partial charge in [0.25, 0.3) is 0 Å². The largest absolute Gasteiger partial charge is 0.481 e. The third kappa shape index (κ3) is 2.51. The van der Waals surface area contributed by atoms with Crippen molar-refractivity contribution in [3.05, 3.63) is 0 Å². The molecule has 2 atom stereocenters. The summed E-state index contributed by atoms with van der Waals surface area (Å²) < 4.78 is 0. The van der Waals surface area contributed by atoms with Crippen LogP contribution in [0.3, 0.4) is 0 Å². The Bertz CT molecular complexity index is 356. The van der Waals surface area contributed by atoms with Crippen LogP contribution in [0.2, 0.25) is 0 Å². The van der Waals surface area contributed by atoms with Gasteiger partial charge in [0.15, 0.2) is 0 Å². The first-order valence-electron chi connectivity index (χ1n) is 6.62. The van der Waals surface area contributed by atoms with Gasteiger partial charge in [-0.15, -0.1) is 11.8 Å². The number of nitrogens with zero attached hydrogens (tertiary/aromatic N) is 1. The molecule has 0 bridgehead atoms. The molecule has 2 fully saturated rings. The summed E-state index contributed by atoms with van der Waals surface area (Å²) in [6.07, 6.45) is 3.28. The molecule has 2 aliphatic rings. The number of thioether (sulfide) groups is 1. The summed E-state index contributed by atoms with van der Waals surface area (Å²) >= 11 is 1.77. The van der Waals surface area contributed by atoms with Crippen molar-refractivity contribution in [2.45, 2.75) is 44.4 Å². The van der Waals surface area contributed by atoms with E-state index in [9.17, 15) is 14.7 Å². The lowest BCUT2D eigenvalue weighted by Crippen LogP contribution is -2.48. The smallest absolute Gasteiger partial charge is 0.307 e. The highest BCUT2D eigenvalue weighted by atomic mass is 32.2. The monoisotopic (exact) mass is 271 g/mol. The molecule has 1 amide bonds. The van der Waals surface area contributed by atoms with Crippen LogP contribution >= 0.6 is 11.8 Å². The van der Waals surface area contributed by atoms with E-state index in [0.29, 0.717) is 6.42 Å². The maximum atomic E-state index is 12.6. The minimum Gasteiger partial charge on any atom is -0.481 e. The van der Waals surface area contributed by atoms with Crippen LogP contribution in [0.25, 0.3) is 0 Å². The van der Waals surface area contributed by atoms with Crippen molar-refractivity contribution >= 4 is 23.6 Å². The molecule has 1 N–H and O–H groups in total. The zero-order chi connectivity index (χ0) is 13.3. The standard InChI is InChI=1S/C13H21NO3S/c1-13(2)14(7-8-18-13)11(15)9-5-3-4-6-10(9)12(16)17/h9-10H,3-8H2,1-2H3,(H,16,17). The van der Waals surface area contributed by atoms with Crippen molar-refractivity contribution in [1.29, 1.82) is 0 Å². The Morgan fingerprint density at radius 2 is 1.83 bits per heavy atom. The number of carboxylic acid groups (broad SMARTS) is 1. The lowest BCUT2D eigenvalue weighted by molar-refractivity contribution is -0.153. The molecule has 1 aliphatic carbocycles. The van der Waals surface area contributed by atoms with Crippen molar-refractivity contribution < 1.29 is 14.7 Å². The lowest BCUT2D eigenvalue weighted by atomic mass is 9.78. The van der Waals surface area contributed by atoms with E-state index in [0.717, 1.165) is 31.6 Å². The van der Waals surface area contributed by atoms with Gasteiger partial charge in [-0.05, 0) is 26.7 Å². The normalized spacial score (nSPS) is 31.3. The third-order valence-corrected chi connectivity index (χ3v) is 5.40. The second-order valence-electron chi connectivity index (χ2n) is 5.62. The van der Waals surface area contributed by atoms with E-state index in [2.05, 4.69) is 0 Å². The van der Waals surface area contributed by atoms with Crippen LogP contribution in [0.4, 0.5) is 0 Å². The maximum absolute atomic E-state index is 12.6. The van der Waals surface area contributed by atoms with Gasteiger partial charge in [0.1, 0.15) is 0 Å². The zero-order valence-electron chi connectivity index (χ0n) is 11.0. The predicted octanol–water partition coefficient (Wildman–Crippen LogP) is 2.19. The molecule has 0 aromatic rings. The molecule has 0 radical (unpaired) electrons. The molecule has 0 aromatic carbocycles. The molecule has 1 heterocycles. The number of rotatable bonds is 2. The molecule has 1 saturated carbocycles. The predicted molar refractivity (Wildman–Crippen MR) is 71.3 cm³/mol. The molecule has 1 aliphatic heterocycles. The van der Waals surface area contributed by atoms with Crippen molar-refractivity contribution in [1.82, 2.24) is 4.90 Å². The Balaban J connectivity index is 2.13. The number of carbonyl (C=O) groups is 2. The van der Waals surface area contributed by atoms with E-state index >= 15 is 0 Å². The van der Waals surface area contributed by atoms with Gasteiger partial charge in [-0.2, -0.15) is 0 Å². The molecule has 0 spiro atoms. The molecular weight excluding hydrogens is 250 g/mol. The summed E-state index contributed by atoms with van der Waals surface area (Å²) in [6, 6.07) is 0. The summed E-state index contributed by atoms with van der Waals surface area (Å²) in [5.41, 5.74) is 0. The van der Waals surface area contributed by atoms with Gasteiger partial charge in [0.2, 0.25) is 5.91 Å². The Morgan fingerprint density at radius 3 is 2.33 bits per heavy atom. The van der Waals surface area contributed by atoms with Gasteiger partial charge in [-0.3, -0.25) is 9.59 Å². The topological polar surface area (TPSA) is 57.6 Å². The quantitative estimate of drug-likeness (QED) is 0.836. The second-order valence-corrected chi connectivity index (χ2v) is 7.32. The molecule has 0 aromatic heterocycles. The fraction of sp³-hybridized carbons (Fsp3) is 0.846. The second kappa shape index (κ2) is 5.11. The van der Waals surface area contributed by atoms with Crippen LogP contribution in [-0.2, 0) is 9.59 Å². The molecule has 2 unspecified atom stereocenters. The highest BCUT2D eigenvalue weighted by Crippen LogP contribution is 2.39. The first kappa shape index (κ1) is 13.7. The summed E-state index contributed by atoms with van der Waals surface area (Å²) in [5.74, 6) is -0.597. The minimum atomic E-state index is -0.808. The Labute approximate surface area is 112 Å². The van der Waals surface area contributed by atoms with Crippen molar-refractivity contribution in [2.24, 2.45) is 11.8 Å². The Kier molecular flexibility index (Phi) is 3.90. The van der Waals surface area contributed by atoms with Gasteiger partial charge in [0, 0.05) is 12.3 Å². The number of amides is 1. The van der Waals surface area contributed by atoms with Crippen LogP contribution < -0.4 is 0 Å². The van der Waals surface area contributed by atoms with Crippen LogP contribution in [0.1, 0.15) is 39.5 Å². The van der Waals surface area contributed by atoms with Crippen molar-refractivity contribution in [2.75, 3.05) is 12.3 Å². The summed E-state index contributed by atoms with van der Waals surface area (Å²) in [6.45, 7) is 4.83. The third-order valence-electron chi connectivity index (χ3n) is 4.09. The van der Waals surface area contributed by atoms with Crippen molar-refractivity contribution in [3.8, 4) is 0 Å². The summed E-state index contributed by atoms with van der Waals surface area (Å²) in [7, 11) is 0. The summed E-state index contributed by atoms with van der Waals surface area (Å²) in [5, 5.41) is 9.25. The van der Waals surface area contributed by atoms with E-state index in [4.69, 9.17) is 0 Å². The van der Waals surface area contributed by atoms with Crippen molar-refractivity contribution in [3.63, 3.8) is 0 Å². The van der Waals surface area contributed by atoms with E-state index < -0.39 is 11.9 Å². The minimum absolute atomic E-state index is 0.0529. The first-order valence-corrected chi connectivity index (χ1v) is 7.60. The molecule has 4 nitrogen and oxygen atoms in total. The van der Waals surface area contributed by atoms with Gasteiger partial charge in [0.05, 0.1) is 16.7 Å². The van der Waals surface area contributed by atoms with Gasteiger partial charge in [-0.25, -0.2) is 0 Å². The van der Waals surface area contributed by atoms with E-state index in [1.54, 1.807) is 11.8 Å². The summed E-state index contributed by atoms with van der Waals surface area (Å²) in [4.78, 5) is 25.5. The number of aliphatic carboxylic acids is 1. The van der Waals surface area contributed by atoms with E-state index in [1.165, 1.54) is 0 Å². The molecular formula is C13H21NO3S. The Hall–Kier alpha value is -0.710. The van der Waals surface area contributed by atoms with E-state index in [1.807, 2.05) is 18.7 Å². The molecule has 1 saturated heterocycles. The average Bonchev–Trinajstić information content (AvgIpc) is 2.68. The van der Waals surface area contributed by atoms with Gasteiger partial charge < -0.3 is 10.0 Å². The van der Waals surface area contributed by atoms with Crippen LogP contribution in [0.5, 0.6) is 0 Å². The lowest BCUT2D eigenvalue weighted by Gasteiger charge is -2.36. The van der Waals surface area contributed by atoms with Crippen LogP contribution in [-0.4, -0.2) is 39.1 Å². The number of hydrogen-bond acceptors (Lipinski definition) is 3. The molecule has 18 heavy (non-hydrogen) atoms. The van der Waals surface area contributed by atoms with Gasteiger partial charge >= 0.3 is 5.97 Å². The molecule has 5 heteroatoms. The molecule has 2 rings (SSSR count). The Morgan fingerprint density at radius 1 is 1.22 bits per heavy atom. The van der Waals surface area contributed by atoms with Gasteiger partial charge in [-0.1, -0.05) is 12.8 Å². The number of hydrogen-bond donors (Lipinski definition) is 1. The highest BCUT2D eigenvalue weighted by Gasteiger charge is 2.43. The molecule has 102 valence electrons. The van der Waals surface area contributed by atoms with Crippen LogP contribution in [0.15, 0.2) is 0 Å². The first-order chi connectivity index (χ1) is 8.43. The fourth-order valence-electron chi connectivity index (χ4n) is 3.03. The number of carboxylic acids is 1. The highest BCUT2D eigenvalue weighted by molar-refractivity contribution is 8.00. The maximum Gasteiger partial charge on any atom is 0.307 e.